The lowest BCUT2D eigenvalue weighted by molar-refractivity contribution is -0.143. The predicted octanol–water partition coefficient (Wildman–Crippen LogP) is 1.05. The van der Waals surface area contributed by atoms with Gasteiger partial charge in [-0.05, 0) is 12.8 Å². The number of carboxylic acids is 1. The number of aliphatic carboxylic acids is 1. The highest BCUT2D eigenvalue weighted by molar-refractivity contribution is 5.77. The first kappa shape index (κ1) is 13.9. The number of nitrogens with one attached hydrogen (secondary N) is 1. The fraction of sp³-hybridized carbons (Fsp3) is 0.643. The molecular formula is C14H20N4O3. The summed E-state index contributed by atoms with van der Waals surface area (Å²) in [5.41, 5.74) is 0. The fourth-order valence-corrected chi connectivity index (χ4v) is 3.20. The van der Waals surface area contributed by atoms with E-state index in [-0.39, 0.29) is 12.1 Å². The predicted molar refractivity (Wildman–Crippen MR) is 74.6 cm³/mol. The van der Waals surface area contributed by atoms with Gasteiger partial charge < -0.3 is 19.9 Å². The zero-order valence-electron chi connectivity index (χ0n) is 11.9. The van der Waals surface area contributed by atoms with Crippen LogP contribution >= 0.6 is 0 Å². The van der Waals surface area contributed by atoms with Crippen LogP contribution < -0.4 is 5.32 Å². The number of carboxylic acid groups (broad SMARTS) is 1. The van der Waals surface area contributed by atoms with E-state index in [9.17, 15) is 14.7 Å². The molecule has 3 rings (SSSR count). The summed E-state index contributed by atoms with van der Waals surface area (Å²) < 4.78 is 2.03. The third-order valence-corrected chi connectivity index (χ3v) is 4.42. The number of imidazole rings is 1. The first-order valence-electron chi connectivity index (χ1n) is 7.43. The number of urea groups is 1. The Kier molecular flexibility index (Phi) is 3.81. The lowest BCUT2D eigenvalue weighted by atomic mass is 9.84. The minimum absolute atomic E-state index is 0.178. The summed E-state index contributed by atoms with van der Waals surface area (Å²) in [5.74, 6) is -0.404. The van der Waals surface area contributed by atoms with Crippen molar-refractivity contribution in [1.29, 1.82) is 0 Å². The topological polar surface area (TPSA) is 87.5 Å². The Morgan fingerprint density at radius 2 is 2.10 bits per heavy atom. The number of fused-ring (bicyclic) bond motifs is 1. The molecule has 1 aromatic rings. The zero-order valence-corrected chi connectivity index (χ0v) is 11.9. The van der Waals surface area contributed by atoms with Crippen molar-refractivity contribution in [2.24, 2.45) is 5.92 Å². The molecule has 2 atom stereocenters. The van der Waals surface area contributed by atoms with E-state index in [1.165, 1.54) is 0 Å². The summed E-state index contributed by atoms with van der Waals surface area (Å²) in [6.45, 7) is 1.83. The third kappa shape index (κ3) is 2.86. The van der Waals surface area contributed by atoms with Crippen LogP contribution in [0.2, 0.25) is 0 Å². The molecule has 0 bridgehead atoms. The number of amides is 2. The lowest BCUT2D eigenvalue weighted by Gasteiger charge is -2.33. The first-order chi connectivity index (χ1) is 10.1. The normalized spacial score (nSPS) is 25.2. The zero-order chi connectivity index (χ0) is 14.8. The maximum absolute atomic E-state index is 12.4. The molecule has 1 aliphatic carbocycles. The molecule has 0 saturated heterocycles. The molecule has 0 aromatic carbocycles. The van der Waals surface area contributed by atoms with Gasteiger partial charge in [0, 0.05) is 31.5 Å². The summed E-state index contributed by atoms with van der Waals surface area (Å²) in [5, 5.41) is 12.2. The first-order valence-corrected chi connectivity index (χ1v) is 7.43. The van der Waals surface area contributed by atoms with Crippen LogP contribution in [-0.2, 0) is 17.9 Å². The molecule has 2 aliphatic rings. The molecule has 114 valence electrons. The summed E-state index contributed by atoms with van der Waals surface area (Å²) in [4.78, 5) is 29.6. The van der Waals surface area contributed by atoms with Crippen LogP contribution in [0.1, 0.15) is 31.5 Å². The Morgan fingerprint density at radius 1 is 1.29 bits per heavy atom. The highest BCUT2D eigenvalue weighted by Gasteiger charge is 2.33. The molecule has 2 N–H and O–H groups in total. The van der Waals surface area contributed by atoms with Crippen molar-refractivity contribution in [1.82, 2.24) is 19.8 Å². The van der Waals surface area contributed by atoms with Gasteiger partial charge in [0.25, 0.3) is 0 Å². The van der Waals surface area contributed by atoms with E-state index in [0.717, 1.165) is 31.6 Å². The van der Waals surface area contributed by atoms with Gasteiger partial charge in [-0.2, -0.15) is 0 Å². The van der Waals surface area contributed by atoms with E-state index in [1.54, 1.807) is 11.1 Å². The van der Waals surface area contributed by atoms with E-state index in [2.05, 4.69) is 10.3 Å². The Morgan fingerprint density at radius 3 is 2.90 bits per heavy atom. The van der Waals surface area contributed by atoms with Crippen molar-refractivity contribution < 1.29 is 14.7 Å². The van der Waals surface area contributed by atoms with Gasteiger partial charge in [0.1, 0.15) is 5.82 Å². The molecule has 0 spiro atoms. The summed E-state index contributed by atoms with van der Waals surface area (Å²) >= 11 is 0. The fourth-order valence-electron chi connectivity index (χ4n) is 3.20. The van der Waals surface area contributed by atoms with Crippen molar-refractivity contribution in [3.63, 3.8) is 0 Å². The van der Waals surface area contributed by atoms with Crippen molar-refractivity contribution in [2.75, 3.05) is 6.54 Å². The monoisotopic (exact) mass is 292 g/mol. The van der Waals surface area contributed by atoms with Crippen molar-refractivity contribution in [3.05, 3.63) is 18.2 Å². The van der Waals surface area contributed by atoms with Gasteiger partial charge in [0.2, 0.25) is 0 Å². The van der Waals surface area contributed by atoms with Gasteiger partial charge in [-0.25, -0.2) is 9.78 Å². The van der Waals surface area contributed by atoms with Crippen LogP contribution in [0.5, 0.6) is 0 Å². The number of hydrogen-bond acceptors (Lipinski definition) is 3. The van der Waals surface area contributed by atoms with Crippen LogP contribution in [0.15, 0.2) is 12.4 Å². The van der Waals surface area contributed by atoms with E-state index >= 15 is 0 Å². The summed E-state index contributed by atoms with van der Waals surface area (Å²) in [6.07, 6.45) is 6.92. The van der Waals surface area contributed by atoms with E-state index < -0.39 is 11.9 Å². The van der Waals surface area contributed by atoms with Gasteiger partial charge >= 0.3 is 12.0 Å². The standard InChI is InChI=1S/C14H20N4O3/c19-13(20)10-3-1-2-4-11(10)16-14(21)18-8-7-17-6-5-15-12(17)9-18/h5-6,10-11H,1-4,7-9H2,(H,16,21)(H,19,20). The van der Waals surface area contributed by atoms with Crippen molar-refractivity contribution in [2.45, 2.75) is 44.8 Å². The molecular weight excluding hydrogens is 272 g/mol. The third-order valence-electron chi connectivity index (χ3n) is 4.42. The molecule has 1 aliphatic heterocycles. The number of carbonyl (C=O) groups excluding carboxylic acids is 1. The summed E-state index contributed by atoms with van der Waals surface area (Å²) in [7, 11) is 0. The highest BCUT2D eigenvalue weighted by Crippen LogP contribution is 2.25. The second-order valence-corrected chi connectivity index (χ2v) is 5.74. The Hall–Kier alpha value is -2.05. The van der Waals surface area contributed by atoms with Gasteiger partial charge in [0.05, 0.1) is 12.5 Å². The van der Waals surface area contributed by atoms with Gasteiger partial charge in [-0.3, -0.25) is 4.79 Å². The second-order valence-electron chi connectivity index (χ2n) is 5.74. The van der Waals surface area contributed by atoms with Gasteiger partial charge in [-0.1, -0.05) is 12.8 Å². The SMILES string of the molecule is O=C(O)C1CCCCC1NC(=O)N1CCn2ccnc2C1. The number of carbonyl (C=O) groups is 2. The average Bonchev–Trinajstić information content (AvgIpc) is 2.94. The number of nitrogens with zero attached hydrogens (tertiary/aromatic N) is 3. The van der Waals surface area contributed by atoms with Gasteiger partial charge in [0.15, 0.2) is 0 Å². The summed E-state index contributed by atoms with van der Waals surface area (Å²) in [6, 6.07) is -0.437. The van der Waals surface area contributed by atoms with Crippen LogP contribution in [0, 0.1) is 5.92 Å². The van der Waals surface area contributed by atoms with Crippen molar-refractivity contribution in [3.8, 4) is 0 Å². The molecule has 21 heavy (non-hydrogen) atoms. The van der Waals surface area contributed by atoms with Crippen LogP contribution in [0.3, 0.4) is 0 Å². The number of rotatable bonds is 2. The molecule has 7 heteroatoms. The lowest BCUT2D eigenvalue weighted by Crippen LogP contribution is -2.51. The number of hydrogen-bond donors (Lipinski definition) is 2. The molecule has 1 aromatic heterocycles. The molecule has 2 unspecified atom stereocenters. The highest BCUT2D eigenvalue weighted by atomic mass is 16.4. The Bertz CT molecular complexity index is 542. The molecule has 1 saturated carbocycles. The quantitative estimate of drug-likeness (QED) is 0.853. The molecule has 2 heterocycles. The number of aromatic nitrogens is 2. The Labute approximate surface area is 122 Å². The molecule has 2 amide bonds. The van der Waals surface area contributed by atoms with E-state index in [4.69, 9.17) is 0 Å². The minimum Gasteiger partial charge on any atom is -0.481 e. The van der Waals surface area contributed by atoms with Gasteiger partial charge in [-0.15, -0.1) is 0 Å². The van der Waals surface area contributed by atoms with Crippen LogP contribution in [0.25, 0.3) is 0 Å². The van der Waals surface area contributed by atoms with E-state index in [1.807, 2.05) is 10.8 Å². The van der Waals surface area contributed by atoms with Crippen LogP contribution in [0.4, 0.5) is 4.79 Å². The van der Waals surface area contributed by atoms with E-state index in [0.29, 0.717) is 19.5 Å². The largest absolute Gasteiger partial charge is 0.481 e. The Balaban J connectivity index is 1.62. The van der Waals surface area contributed by atoms with Crippen molar-refractivity contribution >= 4 is 12.0 Å². The maximum Gasteiger partial charge on any atom is 0.318 e. The second kappa shape index (κ2) is 5.75. The van der Waals surface area contributed by atoms with Crippen LogP contribution in [-0.4, -0.2) is 44.1 Å². The minimum atomic E-state index is -0.811. The molecule has 7 nitrogen and oxygen atoms in total. The molecule has 1 fully saturated rings. The smallest absolute Gasteiger partial charge is 0.318 e. The maximum atomic E-state index is 12.4. The average molecular weight is 292 g/mol. The molecule has 0 radical (unpaired) electrons.